The number of aliphatic hydroxyl groups excluding tert-OH is 1. The highest BCUT2D eigenvalue weighted by atomic mass is 19.4. The molecule has 6 aliphatic rings. The average molecular weight is 775 g/mol. The molecule has 3 fully saturated rings. The molecule has 2 amide bonds. The minimum absolute atomic E-state index is 0.0148. The van der Waals surface area contributed by atoms with Crippen molar-refractivity contribution in [3.05, 3.63) is 138 Å². The van der Waals surface area contributed by atoms with E-state index >= 15 is 0 Å². The van der Waals surface area contributed by atoms with Crippen molar-refractivity contribution in [2.75, 3.05) is 11.9 Å². The Morgan fingerprint density at radius 1 is 0.825 bits per heavy atom. The summed E-state index contributed by atoms with van der Waals surface area (Å²) in [6.45, 7) is 4.66. The molecular formula is C48H49F3N2O4. The van der Waals surface area contributed by atoms with Gasteiger partial charge in [-0.25, -0.2) is 4.79 Å². The van der Waals surface area contributed by atoms with Crippen LogP contribution in [0.1, 0.15) is 80.3 Å². The number of Topliss-reactive ketones (excluding diaryl/α,β-unsaturated/α-hetero) is 1. The van der Waals surface area contributed by atoms with Crippen LogP contribution in [-0.4, -0.2) is 45.2 Å². The van der Waals surface area contributed by atoms with Crippen LogP contribution in [0.25, 0.3) is 10.8 Å². The van der Waals surface area contributed by atoms with Crippen molar-refractivity contribution in [3.63, 3.8) is 0 Å². The van der Waals surface area contributed by atoms with Crippen molar-refractivity contribution < 1.29 is 33.0 Å². The van der Waals surface area contributed by atoms with Crippen LogP contribution >= 0.6 is 0 Å². The molecule has 296 valence electrons. The van der Waals surface area contributed by atoms with Gasteiger partial charge in [-0.2, -0.15) is 13.2 Å². The van der Waals surface area contributed by atoms with Gasteiger partial charge in [0.05, 0.1) is 23.8 Å². The van der Waals surface area contributed by atoms with Crippen LogP contribution in [0, 0.1) is 33.5 Å². The lowest BCUT2D eigenvalue weighted by molar-refractivity contribution is -0.174. The number of nitrogens with zero attached hydrogens (tertiary/aromatic N) is 1. The zero-order chi connectivity index (χ0) is 40.0. The number of alkyl halides is 3. The Balaban J connectivity index is 1.13. The molecule has 0 aromatic heterocycles. The Bertz CT molecular complexity index is 2320. The average Bonchev–Trinajstić information content (AvgIpc) is 3.47. The third kappa shape index (κ3) is 5.66. The quantitative estimate of drug-likeness (QED) is 0.129. The van der Waals surface area contributed by atoms with Crippen LogP contribution < -0.4 is 5.32 Å². The summed E-state index contributed by atoms with van der Waals surface area (Å²) in [6.07, 6.45) is 5.27. The second-order valence-corrected chi connectivity index (χ2v) is 18.0. The lowest BCUT2D eigenvalue weighted by Gasteiger charge is -2.71. The number of hydrogen-bond acceptors (Lipinski definition) is 4. The second kappa shape index (κ2) is 13.1. The summed E-state index contributed by atoms with van der Waals surface area (Å²) in [5, 5.41) is 29.4. The Morgan fingerprint density at radius 3 is 2.30 bits per heavy atom. The summed E-state index contributed by atoms with van der Waals surface area (Å²) >= 11 is 0. The fraction of sp³-hybridized carbons (Fsp3) is 0.417. The van der Waals surface area contributed by atoms with E-state index in [-0.39, 0.29) is 41.9 Å². The smallest absolute Gasteiger partial charge is 0.393 e. The van der Waals surface area contributed by atoms with Crippen LogP contribution in [0.2, 0.25) is 0 Å². The fourth-order valence-corrected chi connectivity index (χ4v) is 12.5. The number of nitrogens with one attached hydrogen (secondary N) is 1. The Kier molecular flexibility index (Phi) is 8.72. The van der Waals surface area contributed by atoms with Crippen LogP contribution in [0.5, 0.6) is 0 Å². The van der Waals surface area contributed by atoms with E-state index in [1.165, 1.54) is 12.1 Å². The molecule has 0 radical (unpaired) electrons. The first-order valence-corrected chi connectivity index (χ1v) is 20.3. The summed E-state index contributed by atoms with van der Waals surface area (Å²) in [7, 11) is 0. The summed E-state index contributed by atoms with van der Waals surface area (Å²) in [4.78, 5) is 31.0. The van der Waals surface area contributed by atoms with Crippen LogP contribution in [0.3, 0.4) is 0 Å². The van der Waals surface area contributed by atoms with E-state index in [1.54, 1.807) is 4.90 Å². The lowest BCUT2D eigenvalue weighted by Crippen LogP contribution is -2.67. The van der Waals surface area contributed by atoms with Gasteiger partial charge < -0.3 is 20.4 Å². The van der Waals surface area contributed by atoms with Gasteiger partial charge in [0.2, 0.25) is 0 Å². The Morgan fingerprint density at radius 2 is 1.51 bits per heavy atom. The van der Waals surface area contributed by atoms with E-state index in [9.17, 15) is 33.0 Å². The lowest BCUT2D eigenvalue weighted by atomic mass is 9.32. The summed E-state index contributed by atoms with van der Waals surface area (Å²) < 4.78 is 42.0. The molecule has 3 N–H and O–H groups in total. The molecule has 2 spiro atoms. The first-order valence-electron chi connectivity index (χ1n) is 20.3. The van der Waals surface area contributed by atoms with Crippen molar-refractivity contribution in [1.29, 1.82) is 0 Å². The van der Waals surface area contributed by atoms with Gasteiger partial charge in [0.25, 0.3) is 0 Å². The molecule has 4 aromatic rings. The van der Waals surface area contributed by atoms with Gasteiger partial charge in [0.15, 0.2) is 5.78 Å². The number of halogens is 3. The molecule has 4 aromatic carbocycles. The maximum atomic E-state index is 14.9. The molecule has 0 aliphatic heterocycles. The van der Waals surface area contributed by atoms with Crippen LogP contribution in [0.15, 0.2) is 121 Å². The number of anilines is 1. The number of benzene rings is 4. The fourth-order valence-electron chi connectivity index (χ4n) is 12.5. The minimum Gasteiger partial charge on any atom is -0.393 e. The number of hydrogen-bond donors (Lipinski definition) is 3. The molecule has 10 rings (SSSR count). The number of amides is 2. The number of carbonyl (C=O) groups excluding carboxylic acids is 2. The van der Waals surface area contributed by atoms with Gasteiger partial charge in [-0.05, 0) is 103 Å². The first kappa shape index (κ1) is 37.8. The molecule has 57 heavy (non-hydrogen) atoms. The maximum absolute atomic E-state index is 14.9. The molecule has 0 heterocycles. The zero-order valence-electron chi connectivity index (χ0n) is 32.4. The monoisotopic (exact) mass is 774 g/mol. The number of allylic oxidation sites excluding steroid dienone is 4. The molecule has 8 unspecified atom stereocenters. The number of rotatable bonds is 7. The molecule has 2 bridgehead atoms. The number of fused-ring (bicyclic) bond motifs is 2. The zero-order valence-corrected chi connectivity index (χ0v) is 32.4. The van der Waals surface area contributed by atoms with Gasteiger partial charge in [-0.3, -0.25) is 4.79 Å². The van der Waals surface area contributed by atoms with Gasteiger partial charge >= 0.3 is 12.2 Å². The molecular weight excluding hydrogens is 726 g/mol. The SMILES string of the molecule is CC12CCC(O)CC13C=CC1(C(C(=O)c4cccc(C(F)(F)F)c4)=C3)C2CCC2(C)C1CCC2(O)CN(Cc1cccc2ccccc12)C(=O)Nc1ccccc1. The summed E-state index contributed by atoms with van der Waals surface area (Å²) in [5.41, 5.74) is -2.75. The highest BCUT2D eigenvalue weighted by molar-refractivity contribution is 6.10. The third-order valence-corrected chi connectivity index (χ3v) is 15.4. The summed E-state index contributed by atoms with van der Waals surface area (Å²) in [5.74, 6) is -0.716. The molecule has 3 saturated carbocycles. The molecule has 6 aliphatic carbocycles. The maximum Gasteiger partial charge on any atom is 0.416 e. The number of para-hydroxylation sites is 1. The predicted molar refractivity (Wildman–Crippen MR) is 214 cm³/mol. The van der Waals surface area contributed by atoms with E-state index in [2.05, 4.69) is 31.3 Å². The van der Waals surface area contributed by atoms with Gasteiger partial charge in [0, 0.05) is 39.6 Å². The van der Waals surface area contributed by atoms with Crippen molar-refractivity contribution >= 4 is 28.3 Å². The normalized spacial score (nSPS) is 33.9. The molecule has 9 heteroatoms. The first-order chi connectivity index (χ1) is 27.1. The highest BCUT2D eigenvalue weighted by Crippen LogP contribution is 2.78. The van der Waals surface area contributed by atoms with Crippen molar-refractivity contribution in [2.24, 2.45) is 33.5 Å². The van der Waals surface area contributed by atoms with E-state index in [0.717, 1.165) is 34.9 Å². The van der Waals surface area contributed by atoms with E-state index in [4.69, 9.17) is 0 Å². The van der Waals surface area contributed by atoms with Gasteiger partial charge in [0.1, 0.15) is 0 Å². The Labute approximate surface area is 331 Å². The minimum atomic E-state index is -4.61. The number of carbonyl (C=O) groups is 2. The summed E-state index contributed by atoms with van der Waals surface area (Å²) in [6, 6.07) is 27.7. The second-order valence-electron chi connectivity index (χ2n) is 18.0. The van der Waals surface area contributed by atoms with E-state index in [0.29, 0.717) is 49.8 Å². The van der Waals surface area contributed by atoms with Gasteiger partial charge in [-0.15, -0.1) is 0 Å². The van der Waals surface area contributed by atoms with Crippen molar-refractivity contribution in [3.8, 4) is 0 Å². The number of aliphatic hydroxyl groups is 2. The van der Waals surface area contributed by atoms with E-state index in [1.807, 2.05) is 78.9 Å². The van der Waals surface area contributed by atoms with Crippen molar-refractivity contribution in [2.45, 2.75) is 83.2 Å². The molecule has 6 nitrogen and oxygen atoms in total. The molecule has 8 atom stereocenters. The van der Waals surface area contributed by atoms with Crippen LogP contribution in [0.4, 0.5) is 23.7 Å². The standard InChI is InChI=1S/C48H49F3N2O4/c1-43-21-18-36(54)27-45(43)24-25-47(38(28-45)41(55)32-12-9-14-34(26-32)48(49,50)51)39(43)19-22-44(2)40(47)20-23-46(44,57)30-53(42(56)52-35-15-4-3-5-16-35)29-33-13-8-11-31-10-6-7-17-37(31)33/h3-17,24-26,28,36,39-40,54,57H,18-23,27,29-30H2,1-2H3,(H,52,56). The topological polar surface area (TPSA) is 89.9 Å². The predicted octanol–water partition coefficient (Wildman–Crippen LogP) is 10.4. The third-order valence-electron chi connectivity index (χ3n) is 15.4. The van der Waals surface area contributed by atoms with Crippen molar-refractivity contribution in [1.82, 2.24) is 4.90 Å². The van der Waals surface area contributed by atoms with E-state index < -0.39 is 45.5 Å². The van der Waals surface area contributed by atoms with Crippen LogP contribution in [-0.2, 0) is 12.7 Å². The largest absolute Gasteiger partial charge is 0.416 e. The number of ketones is 1. The highest BCUT2D eigenvalue weighted by Gasteiger charge is 2.74. The number of urea groups is 1. The Hall–Kier alpha value is -4.73. The molecule has 0 saturated heterocycles. The van der Waals surface area contributed by atoms with Gasteiger partial charge in [-0.1, -0.05) is 105 Å².